The number of halogens is 2. The van der Waals surface area contributed by atoms with Gasteiger partial charge in [-0.2, -0.15) is 0 Å². The van der Waals surface area contributed by atoms with E-state index in [1.54, 1.807) is 19.1 Å². The second-order valence-electron chi connectivity index (χ2n) is 4.06. The SMILES string of the molecule is CCOC(=O)c1ccc(NC(=O)CCOCC(F)F)cc1. The maximum Gasteiger partial charge on any atom is 0.338 e. The average Bonchev–Trinajstić information content (AvgIpc) is 2.44. The molecular weight excluding hydrogens is 284 g/mol. The predicted molar refractivity (Wildman–Crippen MR) is 72.5 cm³/mol. The molecule has 0 spiro atoms. The molecule has 1 aromatic carbocycles. The van der Waals surface area contributed by atoms with Crippen molar-refractivity contribution in [2.45, 2.75) is 19.8 Å². The molecule has 1 N–H and O–H groups in total. The van der Waals surface area contributed by atoms with Crippen molar-refractivity contribution in [2.24, 2.45) is 0 Å². The number of ether oxygens (including phenoxy) is 2. The molecule has 0 bridgehead atoms. The van der Waals surface area contributed by atoms with Gasteiger partial charge in [-0.3, -0.25) is 4.79 Å². The molecule has 0 aliphatic heterocycles. The summed E-state index contributed by atoms with van der Waals surface area (Å²) in [6, 6.07) is 6.18. The third-order valence-corrected chi connectivity index (χ3v) is 2.40. The second kappa shape index (κ2) is 9.02. The summed E-state index contributed by atoms with van der Waals surface area (Å²) >= 11 is 0. The maximum absolute atomic E-state index is 11.8. The first-order chi connectivity index (χ1) is 10.0. The van der Waals surface area contributed by atoms with Crippen molar-refractivity contribution in [3.05, 3.63) is 29.8 Å². The number of hydrogen-bond acceptors (Lipinski definition) is 4. The van der Waals surface area contributed by atoms with E-state index in [9.17, 15) is 18.4 Å². The number of benzene rings is 1. The molecule has 116 valence electrons. The van der Waals surface area contributed by atoms with Crippen LogP contribution in [0.2, 0.25) is 0 Å². The minimum atomic E-state index is -2.54. The van der Waals surface area contributed by atoms with Crippen LogP contribution < -0.4 is 5.32 Å². The van der Waals surface area contributed by atoms with Crippen LogP contribution in [-0.4, -0.2) is 38.1 Å². The van der Waals surface area contributed by atoms with Crippen molar-refractivity contribution >= 4 is 17.6 Å². The highest BCUT2D eigenvalue weighted by atomic mass is 19.3. The Hall–Kier alpha value is -2.02. The highest BCUT2D eigenvalue weighted by Crippen LogP contribution is 2.11. The molecule has 0 atom stereocenters. The molecule has 0 radical (unpaired) electrons. The van der Waals surface area contributed by atoms with E-state index < -0.39 is 19.0 Å². The zero-order chi connectivity index (χ0) is 15.7. The topological polar surface area (TPSA) is 64.6 Å². The van der Waals surface area contributed by atoms with Gasteiger partial charge in [0, 0.05) is 5.69 Å². The molecule has 21 heavy (non-hydrogen) atoms. The fourth-order valence-corrected chi connectivity index (χ4v) is 1.46. The van der Waals surface area contributed by atoms with Crippen LogP contribution in [0.15, 0.2) is 24.3 Å². The fraction of sp³-hybridized carbons (Fsp3) is 0.429. The van der Waals surface area contributed by atoms with Crippen LogP contribution in [0.3, 0.4) is 0 Å². The molecule has 5 nitrogen and oxygen atoms in total. The molecule has 1 aromatic rings. The Bertz CT molecular complexity index is 463. The molecule has 0 saturated carbocycles. The molecule has 0 aliphatic carbocycles. The molecule has 0 aromatic heterocycles. The third kappa shape index (κ3) is 6.80. The van der Waals surface area contributed by atoms with E-state index in [-0.39, 0.29) is 25.5 Å². The predicted octanol–water partition coefficient (Wildman–Crippen LogP) is 2.47. The van der Waals surface area contributed by atoms with Crippen molar-refractivity contribution in [1.82, 2.24) is 0 Å². The fourth-order valence-electron chi connectivity index (χ4n) is 1.46. The molecule has 0 saturated heterocycles. The van der Waals surface area contributed by atoms with Crippen LogP contribution in [0.1, 0.15) is 23.7 Å². The van der Waals surface area contributed by atoms with Gasteiger partial charge in [-0.25, -0.2) is 13.6 Å². The minimum Gasteiger partial charge on any atom is -0.462 e. The summed E-state index contributed by atoms with van der Waals surface area (Å²) in [6.45, 7) is 1.25. The number of carbonyl (C=O) groups excluding carboxylic acids is 2. The number of carbonyl (C=O) groups is 2. The summed E-state index contributed by atoms with van der Waals surface area (Å²) < 4.78 is 33.0. The summed E-state index contributed by atoms with van der Waals surface area (Å²) in [5.41, 5.74) is 0.886. The van der Waals surface area contributed by atoms with Crippen LogP contribution in [-0.2, 0) is 14.3 Å². The van der Waals surface area contributed by atoms with E-state index >= 15 is 0 Å². The van der Waals surface area contributed by atoms with Gasteiger partial charge in [0.2, 0.25) is 5.91 Å². The third-order valence-electron chi connectivity index (χ3n) is 2.40. The van der Waals surface area contributed by atoms with E-state index in [2.05, 4.69) is 10.1 Å². The van der Waals surface area contributed by atoms with Gasteiger partial charge in [-0.05, 0) is 31.2 Å². The minimum absolute atomic E-state index is 0.0215. The average molecular weight is 301 g/mol. The van der Waals surface area contributed by atoms with E-state index in [0.717, 1.165) is 0 Å². The first-order valence-corrected chi connectivity index (χ1v) is 6.46. The standard InChI is InChI=1S/C14H17F2NO4/c1-2-21-14(19)10-3-5-11(6-4-10)17-13(18)7-8-20-9-12(15)16/h3-6,12H,2,7-9H2,1H3,(H,17,18). The van der Waals surface area contributed by atoms with Gasteiger partial charge < -0.3 is 14.8 Å². The first kappa shape index (κ1) is 17.0. The molecule has 0 heterocycles. The highest BCUT2D eigenvalue weighted by Gasteiger charge is 2.08. The van der Waals surface area contributed by atoms with Gasteiger partial charge in [0.05, 0.1) is 25.2 Å². The number of amides is 1. The molecule has 0 fully saturated rings. The van der Waals surface area contributed by atoms with E-state index in [1.165, 1.54) is 12.1 Å². The largest absolute Gasteiger partial charge is 0.462 e. The lowest BCUT2D eigenvalue weighted by Gasteiger charge is -2.07. The Morgan fingerprint density at radius 3 is 2.48 bits per heavy atom. The lowest BCUT2D eigenvalue weighted by molar-refractivity contribution is -0.117. The molecule has 7 heteroatoms. The number of anilines is 1. The van der Waals surface area contributed by atoms with Crippen LogP contribution >= 0.6 is 0 Å². The Morgan fingerprint density at radius 1 is 1.24 bits per heavy atom. The van der Waals surface area contributed by atoms with Gasteiger partial charge in [-0.15, -0.1) is 0 Å². The number of nitrogens with one attached hydrogen (secondary N) is 1. The van der Waals surface area contributed by atoms with Crippen molar-refractivity contribution < 1.29 is 27.8 Å². The number of hydrogen-bond donors (Lipinski definition) is 1. The highest BCUT2D eigenvalue weighted by molar-refractivity contribution is 5.93. The lowest BCUT2D eigenvalue weighted by Crippen LogP contribution is -2.15. The van der Waals surface area contributed by atoms with Gasteiger partial charge >= 0.3 is 5.97 Å². The van der Waals surface area contributed by atoms with Crippen LogP contribution in [0.25, 0.3) is 0 Å². The summed E-state index contributed by atoms with van der Waals surface area (Å²) in [7, 11) is 0. The molecule has 0 unspecified atom stereocenters. The van der Waals surface area contributed by atoms with Crippen molar-refractivity contribution in [2.75, 3.05) is 25.1 Å². The van der Waals surface area contributed by atoms with Crippen molar-refractivity contribution in [3.8, 4) is 0 Å². The van der Waals surface area contributed by atoms with Gasteiger partial charge in [-0.1, -0.05) is 0 Å². The number of alkyl halides is 2. The number of esters is 1. The normalized spacial score (nSPS) is 10.5. The van der Waals surface area contributed by atoms with Crippen LogP contribution in [0, 0.1) is 0 Å². The van der Waals surface area contributed by atoms with Crippen LogP contribution in [0.5, 0.6) is 0 Å². The first-order valence-electron chi connectivity index (χ1n) is 6.46. The van der Waals surface area contributed by atoms with Crippen molar-refractivity contribution in [1.29, 1.82) is 0 Å². The maximum atomic E-state index is 11.8. The zero-order valence-corrected chi connectivity index (χ0v) is 11.6. The summed E-state index contributed by atoms with van der Waals surface area (Å²) in [4.78, 5) is 22.9. The second-order valence-corrected chi connectivity index (χ2v) is 4.06. The van der Waals surface area contributed by atoms with Gasteiger partial charge in [0.15, 0.2) is 0 Å². The quantitative estimate of drug-likeness (QED) is 0.592. The molecule has 1 amide bonds. The van der Waals surface area contributed by atoms with E-state index in [4.69, 9.17) is 4.74 Å². The smallest absolute Gasteiger partial charge is 0.338 e. The number of rotatable bonds is 8. The Labute approximate surface area is 121 Å². The van der Waals surface area contributed by atoms with Crippen LogP contribution in [0.4, 0.5) is 14.5 Å². The van der Waals surface area contributed by atoms with E-state index in [0.29, 0.717) is 11.3 Å². The van der Waals surface area contributed by atoms with Gasteiger partial charge in [0.25, 0.3) is 6.43 Å². The summed E-state index contributed by atoms with van der Waals surface area (Å²) in [6.07, 6.45) is -2.56. The monoisotopic (exact) mass is 301 g/mol. The van der Waals surface area contributed by atoms with Crippen molar-refractivity contribution in [3.63, 3.8) is 0 Å². The van der Waals surface area contributed by atoms with E-state index in [1.807, 2.05) is 0 Å². The molecule has 0 aliphatic rings. The lowest BCUT2D eigenvalue weighted by atomic mass is 10.2. The molecular formula is C14H17F2NO4. The Balaban J connectivity index is 2.37. The summed E-state index contributed by atoms with van der Waals surface area (Å²) in [5, 5.41) is 2.57. The zero-order valence-electron chi connectivity index (χ0n) is 11.6. The molecule has 1 rings (SSSR count). The van der Waals surface area contributed by atoms with Gasteiger partial charge in [0.1, 0.15) is 6.61 Å². The summed E-state index contributed by atoms with van der Waals surface area (Å²) in [5.74, 6) is -0.788. The Morgan fingerprint density at radius 2 is 1.90 bits per heavy atom. The Kier molecular flexibility index (Phi) is 7.31.